The van der Waals surface area contributed by atoms with E-state index in [0.717, 1.165) is 34.9 Å². The third-order valence-corrected chi connectivity index (χ3v) is 8.83. The molecule has 210 valence electrons. The molecule has 2 aromatic heterocycles. The fourth-order valence-electron chi connectivity index (χ4n) is 4.29. The summed E-state index contributed by atoms with van der Waals surface area (Å²) in [4.78, 5) is 32.8. The van der Waals surface area contributed by atoms with Crippen LogP contribution in [0.25, 0.3) is 10.9 Å². The first-order valence-electron chi connectivity index (χ1n) is 13.2. The lowest BCUT2D eigenvalue weighted by molar-refractivity contribution is 0.103. The Bertz CT molecular complexity index is 1730. The van der Waals surface area contributed by atoms with Crippen molar-refractivity contribution in [1.29, 1.82) is 0 Å². The topological polar surface area (TPSA) is 98.8 Å². The summed E-state index contributed by atoms with van der Waals surface area (Å²) in [5, 5.41) is 14.1. The van der Waals surface area contributed by atoms with Crippen molar-refractivity contribution in [1.82, 2.24) is 34.7 Å². The number of thioether (sulfide) groups is 2. The van der Waals surface area contributed by atoms with Crippen molar-refractivity contribution in [3.05, 3.63) is 105 Å². The molecule has 2 heterocycles. The van der Waals surface area contributed by atoms with Crippen LogP contribution in [0.1, 0.15) is 32.6 Å². The molecule has 0 saturated heterocycles. The number of hydrogen-bond donors (Lipinski definition) is 0. The van der Waals surface area contributed by atoms with Crippen LogP contribution in [0.4, 0.5) is 0 Å². The number of aryl methyl sites for hydroxylation is 1. The second-order valence-electron chi connectivity index (χ2n) is 10.0. The number of nitrogens with zero attached hydrogens (tertiary/aromatic N) is 7. The molecule has 0 fully saturated rings. The highest BCUT2D eigenvalue weighted by molar-refractivity contribution is 7.98. The molecule has 0 saturated carbocycles. The highest BCUT2D eigenvalue weighted by Gasteiger charge is 2.13. The first kappa shape index (κ1) is 28.7. The van der Waals surface area contributed by atoms with Gasteiger partial charge in [-0.15, -0.1) is 5.10 Å². The highest BCUT2D eigenvalue weighted by Crippen LogP contribution is 2.24. The van der Waals surface area contributed by atoms with Gasteiger partial charge in [-0.3, -0.25) is 14.2 Å². The third kappa shape index (κ3) is 6.75. The van der Waals surface area contributed by atoms with E-state index in [9.17, 15) is 9.59 Å². The molecule has 5 rings (SSSR count). The van der Waals surface area contributed by atoms with Crippen LogP contribution in [0.2, 0.25) is 0 Å². The van der Waals surface area contributed by atoms with E-state index in [1.54, 1.807) is 23.4 Å². The van der Waals surface area contributed by atoms with E-state index >= 15 is 0 Å². The van der Waals surface area contributed by atoms with E-state index in [0.29, 0.717) is 38.7 Å². The number of benzene rings is 3. The van der Waals surface area contributed by atoms with Crippen molar-refractivity contribution in [3.8, 4) is 0 Å². The first-order valence-corrected chi connectivity index (χ1v) is 15.1. The van der Waals surface area contributed by atoms with Crippen LogP contribution in [0.5, 0.6) is 0 Å². The van der Waals surface area contributed by atoms with Gasteiger partial charge in [-0.2, -0.15) is 0 Å². The summed E-state index contributed by atoms with van der Waals surface area (Å²) in [6, 6.07) is 21.0. The quantitative estimate of drug-likeness (QED) is 0.125. The van der Waals surface area contributed by atoms with Crippen LogP contribution in [0, 0.1) is 6.92 Å². The molecular weight excluding hydrogens is 555 g/mol. The van der Waals surface area contributed by atoms with Crippen LogP contribution in [-0.2, 0) is 25.1 Å². The SMILES string of the molecule is Cc1cccc2nc(SCc3ccc(C(=O)c4ccc(CSc5nnnn5CCN(C)C)cc4)cc3)n(C)c(=O)c12. The Balaban J connectivity index is 1.19. The smallest absolute Gasteiger partial charge is 0.262 e. The zero-order valence-electron chi connectivity index (χ0n) is 23.4. The predicted octanol–water partition coefficient (Wildman–Crippen LogP) is 4.61. The fraction of sp³-hybridized carbons (Fsp3) is 0.267. The Morgan fingerprint density at radius 3 is 2.10 bits per heavy atom. The lowest BCUT2D eigenvalue weighted by Gasteiger charge is -2.10. The molecule has 0 unspecified atom stereocenters. The second kappa shape index (κ2) is 12.8. The van der Waals surface area contributed by atoms with Crippen LogP contribution >= 0.6 is 23.5 Å². The number of carbonyl (C=O) groups is 1. The summed E-state index contributed by atoms with van der Waals surface area (Å²) in [5.41, 5.74) is 5.01. The number of carbonyl (C=O) groups excluding carboxylic acids is 1. The lowest BCUT2D eigenvalue weighted by atomic mass is 10.0. The Labute approximate surface area is 247 Å². The molecule has 0 aliphatic carbocycles. The van der Waals surface area contributed by atoms with Gasteiger partial charge >= 0.3 is 0 Å². The van der Waals surface area contributed by atoms with Crippen molar-refractivity contribution >= 4 is 40.2 Å². The summed E-state index contributed by atoms with van der Waals surface area (Å²) >= 11 is 3.08. The summed E-state index contributed by atoms with van der Waals surface area (Å²) in [6.07, 6.45) is 0. The largest absolute Gasteiger partial charge is 0.308 e. The lowest BCUT2D eigenvalue weighted by Crippen LogP contribution is -2.20. The molecule has 0 amide bonds. The molecule has 41 heavy (non-hydrogen) atoms. The minimum absolute atomic E-state index is 0.0232. The Kier molecular flexibility index (Phi) is 8.96. The van der Waals surface area contributed by atoms with Gasteiger partial charge < -0.3 is 4.90 Å². The van der Waals surface area contributed by atoms with E-state index < -0.39 is 0 Å². The zero-order valence-corrected chi connectivity index (χ0v) is 25.1. The van der Waals surface area contributed by atoms with Crippen LogP contribution in [0.3, 0.4) is 0 Å². The number of aromatic nitrogens is 6. The van der Waals surface area contributed by atoms with Crippen LogP contribution in [0.15, 0.2) is 81.8 Å². The molecule has 11 heteroatoms. The van der Waals surface area contributed by atoms with E-state index in [2.05, 4.69) is 20.4 Å². The first-order chi connectivity index (χ1) is 19.8. The van der Waals surface area contributed by atoms with Crippen LogP contribution in [-0.4, -0.2) is 61.1 Å². The van der Waals surface area contributed by atoms with E-state index in [-0.39, 0.29) is 11.3 Å². The average molecular weight is 586 g/mol. The van der Waals surface area contributed by atoms with Crippen molar-refractivity contribution in [2.45, 2.75) is 35.3 Å². The summed E-state index contributed by atoms with van der Waals surface area (Å²) in [7, 11) is 5.79. The standard InChI is InChI=1S/C30H31N7O2S2/c1-20-6-5-7-25-26(20)28(39)36(4)29(31-25)40-18-21-8-12-23(13-9-21)27(38)24-14-10-22(11-15-24)19-41-30-32-33-34-37(30)17-16-35(2)3/h5-15H,16-19H2,1-4H3. The van der Waals surface area contributed by atoms with E-state index in [4.69, 9.17) is 4.98 Å². The van der Waals surface area contributed by atoms with Crippen LogP contribution < -0.4 is 5.56 Å². The minimum atomic E-state index is -0.0403. The van der Waals surface area contributed by atoms with Gasteiger partial charge in [0.15, 0.2) is 10.9 Å². The molecule has 3 aromatic carbocycles. The molecule has 0 bridgehead atoms. The normalized spacial score (nSPS) is 11.4. The maximum Gasteiger partial charge on any atom is 0.262 e. The molecule has 5 aromatic rings. The van der Waals surface area contributed by atoms with Gasteiger partial charge in [-0.05, 0) is 54.2 Å². The van der Waals surface area contributed by atoms with Gasteiger partial charge in [0.1, 0.15) is 0 Å². The molecular formula is C30H31N7O2S2. The van der Waals surface area contributed by atoms with Gasteiger partial charge in [-0.1, -0.05) is 84.2 Å². The Morgan fingerprint density at radius 2 is 1.49 bits per heavy atom. The third-order valence-electron chi connectivity index (χ3n) is 6.70. The van der Waals surface area contributed by atoms with Crippen molar-refractivity contribution < 1.29 is 4.79 Å². The maximum absolute atomic E-state index is 13.1. The van der Waals surface area contributed by atoms with Gasteiger partial charge in [0.2, 0.25) is 5.16 Å². The number of tetrazole rings is 1. The molecule has 0 N–H and O–H groups in total. The average Bonchev–Trinajstić information content (AvgIpc) is 3.43. The van der Waals surface area contributed by atoms with Gasteiger partial charge in [-0.25, -0.2) is 9.67 Å². The number of rotatable bonds is 11. The number of hydrogen-bond acceptors (Lipinski definition) is 9. The molecule has 0 spiro atoms. The highest BCUT2D eigenvalue weighted by atomic mass is 32.2. The number of ketones is 1. The number of fused-ring (bicyclic) bond motifs is 1. The Hall–Kier alpha value is -3.80. The molecule has 0 aliphatic heterocycles. The van der Waals surface area contributed by atoms with Crippen molar-refractivity contribution in [3.63, 3.8) is 0 Å². The maximum atomic E-state index is 13.1. The molecule has 0 aliphatic rings. The molecule has 0 radical (unpaired) electrons. The van der Waals surface area contributed by atoms with Crippen molar-refractivity contribution in [2.75, 3.05) is 20.6 Å². The second-order valence-corrected chi connectivity index (χ2v) is 11.9. The van der Waals surface area contributed by atoms with Gasteiger partial charge in [0.25, 0.3) is 5.56 Å². The monoisotopic (exact) mass is 585 g/mol. The molecule has 0 atom stereocenters. The van der Waals surface area contributed by atoms with E-state index in [1.165, 1.54) is 11.8 Å². The fourth-order valence-corrected chi connectivity index (χ4v) is 6.07. The molecule has 9 nitrogen and oxygen atoms in total. The Morgan fingerprint density at radius 1 is 0.878 bits per heavy atom. The summed E-state index contributed by atoms with van der Waals surface area (Å²) < 4.78 is 3.41. The summed E-state index contributed by atoms with van der Waals surface area (Å²) in [6.45, 7) is 3.51. The van der Waals surface area contributed by atoms with Crippen molar-refractivity contribution in [2.24, 2.45) is 7.05 Å². The van der Waals surface area contributed by atoms with Gasteiger partial charge in [0, 0.05) is 36.2 Å². The number of likely N-dealkylation sites (N-methyl/N-ethyl adjacent to an activating group) is 1. The minimum Gasteiger partial charge on any atom is -0.308 e. The predicted molar refractivity (Wildman–Crippen MR) is 164 cm³/mol. The summed E-state index contributed by atoms with van der Waals surface area (Å²) in [5.74, 6) is 1.32. The zero-order chi connectivity index (χ0) is 28.9. The van der Waals surface area contributed by atoms with Gasteiger partial charge in [0.05, 0.1) is 17.4 Å². The van der Waals surface area contributed by atoms with E-state index in [1.807, 2.05) is 92.4 Å².